The Hall–Kier alpha value is -2.87. The van der Waals surface area contributed by atoms with Gasteiger partial charge in [-0.2, -0.15) is 11.8 Å². The molecule has 0 bridgehead atoms. The largest absolute Gasteiger partial charge is 0.481 e. The van der Waals surface area contributed by atoms with Gasteiger partial charge in [0.05, 0.1) is 6.04 Å². The first-order valence-electron chi connectivity index (χ1n) is 11.1. The fourth-order valence-electron chi connectivity index (χ4n) is 2.97. The number of thioether (sulfide) groups is 1. The molecule has 0 saturated heterocycles. The van der Waals surface area contributed by atoms with Crippen LogP contribution < -0.4 is 21.7 Å². The maximum Gasteiger partial charge on any atom is 0.326 e. The lowest BCUT2D eigenvalue weighted by Crippen LogP contribution is -2.57. The molecule has 13 nitrogen and oxygen atoms in total. The van der Waals surface area contributed by atoms with E-state index in [9.17, 15) is 33.9 Å². The average Bonchev–Trinajstić information content (AvgIpc) is 2.75. The van der Waals surface area contributed by atoms with Gasteiger partial charge in [0, 0.05) is 12.8 Å². The second-order valence-electron chi connectivity index (χ2n) is 8.40. The van der Waals surface area contributed by atoms with Gasteiger partial charge in [-0.25, -0.2) is 4.79 Å². The van der Waals surface area contributed by atoms with E-state index in [1.54, 1.807) is 20.1 Å². The smallest absolute Gasteiger partial charge is 0.326 e. The summed E-state index contributed by atoms with van der Waals surface area (Å²) in [4.78, 5) is 71.0. The summed E-state index contributed by atoms with van der Waals surface area (Å²) in [6, 6.07) is -4.79. The standard InChI is InChI=1S/C21H36N4O9S/c1-11(2)10-15(20(32)24-14(21(33)34)5-7-17(28)29)25-19(31)13(8-9-35-3)23-18(30)12(22)4-6-16(26)27/h11-15H,4-10,22H2,1-3H3,(H,23,30)(H,24,32)(H,25,31)(H,26,27)(H,28,29)(H,33,34). The summed E-state index contributed by atoms with van der Waals surface area (Å²) in [7, 11) is 0. The van der Waals surface area contributed by atoms with Crippen molar-refractivity contribution < 1.29 is 44.1 Å². The molecule has 0 saturated carbocycles. The lowest BCUT2D eigenvalue weighted by Gasteiger charge is -2.26. The first-order chi connectivity index (χ1) is 16.3. The Kier molecular flexibility index (Phi) is 15.3. The Morgan fingerprint density at radius 3 is 1.71 bits per heavy atom. The van der Waals surface area contributed by atoms with Gasteiger partial charge in [-0.1, -0.05) is 13.8 Å². The van der Waals surface area contributed by atoms with Gasteiger partial charge in [-0.15, -0.1) is 0 Å². The maximum atomic E-state index is 13.0. The molecular weight excluding hydrogens is 484 g/mol. The number of carbonyl (C=O) groups excluding carboxylic acids is 3. The Morgan fingerprint density at radius 1 is 0.743 bits per heavy atom. The number of hydrogen-bond acceptors (Lipinski definition) is 8. The number of carboxylic acids is 3. The quantitative estimate of drug-likeness (QED) is 0.120. The van der Waals surface area contributed by atoms with Gasteiger partial charge in [-0.05, 0) is 43.6 Å². The molecule has 0 radical (unpaired) electrons. The molecule has 14 heteroatoms. The molecule has 0 aromatic rings. The van der Waals surface area contributed by atoms with Crippen molar-refractivity contribution in [3.63, 3.8) is 0 Å². The Bertz CT molecular complexity index is 763. The van der Waals surface area contributed by atoms with E-state index in [1.165, 1.54) is 11.8 Å². The number of nitrogens with one attached hydrogen (secondary N) is 3. The molecule has 0 aromatic heterocycles. The zero-order valence-corrected chi connectivity index (χ0v) is 20.9. The van der Waals surface area contributed by atoms with Crippen LogP contribution >= 0.6 is 11.8 Å². The van der Waals surface area contributed by atoms with Crippen molar-refractivity contribution in [2.45, 2.75) is 76.5 Å². The third kappa shape index (κ3) is 14.2. The molecular formula is C21H36N4O9S. The molecule has 8 N–H and O–H groups in total. The van der Waals surface area contributed by atoms with Crippen molar-refractivity contribution in [3.8, 4) is 0 Å². The molecule has 3 amide bonds. The molecule has 0 rings (SSSR count). The minimum atomic E-state index is -1.45. The van der Waals surface area contributed by atoms with E-state index in [0.29, 0.717) is 5.75 Å². The van der Waals surface area contributed by atoms with E-state index >= 15 is 0 Å². The van der Waals surface area contributed by atoms with Gasteiger partial charge < -0.3 is 37.0 Å². The number of hydrogen-bond donors (Lipinski definition) is 7. The second-order valence-corrected chi connectivity index (χ2v) is 9.39. The van der Waals surface area contributed by atoms with Crippen molar-refractivity contribution in [3.05, 3.63) is 0 Å². The van der Waals surface area contributed by atoms with E-state index in [0.717, 1.165) is 0 Å². The predicted octanol–water partition coefficient (Wildman–Crippen LogP) is -0.618. The second kappa shape index (κ2) is 16.7. The molecule has 0 aliphatic carbocycles. The summed E-state index contributed by atoms with van der Waals surface area (Å²) in [5, 5.41) is 34.1. The highest BCUT2D eigenvalue weighted by Gasteiger charge is 2.30. The van der Waals surface area contributed by atoms with Crippen LogP contribution in [0, 0.1) is 5.92 Å². The SMILES string of the molecule is CSCCC(NC(=O)C(N)CCC(=O)O)C(=O)NC(CC(C)C)C(=O)NC(CCC(=O)O)C(=O)O. The van der Waals surface area contributed by atoms with Crippen LogP contribution in [-0.2, 0) is 28.8 Å². The predicted molar refractivity (Wildman–Crippen MR) is 128 cm³/mol. The van der Waals surface area contributed by atoms with Crippen molar-refractivity contribution >= 4 is 47.4 Å². The van der Waals surface area contributed by atoms with E-state index in [-0.39, 0.29) is 38.0 Å². The fourth-order valence-corrected chi connectivity index (χ4v) is 3.44. The van der Waals surface area contributed by atoms with Gasteiger partial charge in [-0.3, -0.25) is 24.0 Å². The van der Waals surface area contributed by atoms with Gasteiger partial charge in [0.25, 0.3) is 0 Å². The van der Waals surface area contributed by atoms with Crippen LogP contribution in [0.5, 0.6) is 0 Å². The highest BCUT2D eigenvalue weighted by Crippen LogP contribution is 2.09. The monoisotopic (exact) mass is 520 g/mol. The number of rotatable bonds is 18. The Labute approximate surface area is 208 Å². The normalized spacial score (nSPS) is 14.3. The first-order valence-corrected chi connectivity index (χ1v) is 12.5. The molecule has 0 aromatic carbocycles. The lowest BCUT2D eigenvalue weighted by molar-refractivity contribution is -0.143. The molecule has 0 heterocycles. The summed E-state index contributed by atoms with van der Waals surface area (Å²) < 4.78 is 0. The highest BCUT2D eigenvalue weighted by atomic mass is 32.2. The molecule has 0 aliphatic heterocycles. The van der Waals surface area contributed by atoms with Crippen LogP contribution in [0.2, 0.25) is 0 Å². The summed E-state index contributed by atoms with van der Waals surface area (Å²) >= 11 is 1.42. The van der Waals surface area contributed by atoms with Gasteiger partial charge in [0.1, 0.15) is 18.1 Å². The zero-order valence-electron chi connectivity index (χ0n) is 20.1. The molecule has 0 aliphatic rings. The minimum absolute atomic E-state index is 0.0722. The number of carbonyl (C=O) groups is 6. The number of aliphatic carboxylic acids is 3. The van der Waals surface area contributed by atoms with Crippen LogP contribution in [0.1, 0.15) is 52.4 Å². The maximum absolute atomic E-state index is 13.0. The van der Waals surface area contributed by atoms with Crippen LogP contribution in [0.3, 0.4) is 0 Å². The molecule has 200 valence electrons. The molecule has 4 atom stereocenters. The van der Waals surface area contributed by atoms with Gasteiger partial charge in [0.2, 0.25) is 17.7 Å². The van der Waals surface area contributed by atoms with Crippen LogP contribution in [0.15, 0.2) is 0 Å². The van der Waals surface area contributed by atoms with Gasteiger partial charge in [0.15, 0.2) is 0 Å². The lowest BCUT2D eigenvalue weighted by atomic mass is 10.0. The minimum Gasteiger partial charge on any atom is -0.481 e. The number of amides is 3. The zero-order chi connectivity index (χ0) is 27.1. The topological polar surface area (TPSA) is 225 Å². The van der Waals surface area contributed by atoms with E-state index in [2.05, 4.69) is 16.0 Å². The first kappa shape index (κ1) is 32.1. The van der Waals surface area contributed by atoms with Crippen molar-refractivity contribution in [1.82, 2.24) is 16.0 Å². The van der Waals surface area contributed by atoms with E-state index in [1.807, 2.05) is 0 Å². The summed E-state index contributed by atoms with van der Waals surface area (Å²) in [5.74, 6) is -5.51. The fraction of sp³-hybridized carbons (Fsp3) is 0.714. The van der Waals surface area contributed by atoms with Crippen LogP contribution in [0.4, 0.5) is 0 Å². The Morgan fingerprint density at radius 2 is 1.23 bits per heavy atom. The van der Waals surface area contributed by atoms with E-state index < -0.39 is 66.2 Å². The van der Waals surface area contributed by atoms with Gasteiger partial charge >= 0.3 is 17.9 Å². The van der Waals surface area contributed by atoms with Crippen LogP contribution in [0.25, 0.3) is 0 Å². The number of carboxylic acid groups (broad SMARTS) is 3. The highest BCUT2D eigenvalue weighted by molar-refractivity contribution is 7.98. The molecule has 0 fully saturated rings. The summed E-state index contributed by atoms with van der Waals surface area (Å²) in [6.07, 6.45) is 0.917. The molecule has 4 unspecified atom stereocenters. The third-order valence-corrected chi connectivity index (χ3v) is 5.50. The third-order valence-electron chi connectivity index (χ3n) is 4.85. The molecule has 0 spiro atoms. The van der Waals surface area contributed by atoms with Crippen molar-refractivity contribution in [2.75, 3.05) is 12.0 Å². The summed E-state index contributed by atoms with van der Waals surface area (Å²) in [5.41, 5.74) is 5.72. The average molecular weight is 521 g/mol. The molecule has 35 heavy (non-hydrogen) atoms. The van der Waals surface area contributed by atoms with Crippen molar-refractivity contribution in [2.24, 2.45) is 11.7 Å². The number of nitrogens with two attached hydrogens (primary N) is 1. The van der Waals surface area contributed by atoms with E-state index in [4.69, 9.17) is 15.9 Å². The van der Waals surface area contributed by atoms with Crippen molar-refractivity contribution in [1.29, 1.82) is 0 Å². The summed E-state index contributed by atoms with van der Waals surface area (Å²) in [6.45, 7) is 3.58. The Balaban J connectivity index is 5.45. The van der Waals surface area contributed by atoms with Crippen LogP contribution in [-0.4, -0.2) is 87.1 Å².